The molecule has 0 saturated carbocycles. The van der Waals surface area contributed by atoms with Gasteiger partial charge in [0, 0.05) is 20.0 Å². The molecular formula is C14H18F3N3O. The zero-order valence-electron chi connectivity index (χ0n) is 12.1. The van der Waals surface area contributed by atoms with Crippen molar-refractivity contribution in [3.8, 4) is 6.07 Å². The first-order chi connectivity index (χ1) is 9.84. The van der Waals surface area contributed by atoms with Crippen LogP contribution >= 0.6 is 0 Å². The molecule has 116 valence electrons. The van der Waals surface area contributed by atoms with E-state index >= 15 is 0 Å². The van der Waals surface area contributed by atoms with Crippen molar-refractivity contribution in [2.24, 2.45) is 0 Å². The molecule has 1 aromatic rings. The van der Waals surface area contributed by atoms with Crippen LogP contribution in [-0.4, -0.2) is 19.0 Å². The van der Waals surface area contributed by atoms with Crippen LogP contribution in [0.15, 0.2) is 18.2 Å². The van der Waals surface area contributed by atoms with Gasteiger partial charge in [-0.15, -0.1) is 0 Å². The molecule has 0 aliphatic carbocycles. The number of nitriles is 1. The molecule has 2 N–H and O–H groups in total. The topological polar surface area (TPSA) is 64.9 Å². The predicted octanol–water partition coefficient (Wildman–Crippen LogP) is 3.15. The summed E-state index contributed by atoms with van der Waals surface area (Å²) >= 11 is 0. The Morgan fingerprint density at radius 3 is 2.38 bits per heavy atom. The second-order valence-corrected chi connectivity index (χ2v) is 3.78. The molecule has 21 heavy (non-hydrogen) atoms. The number of halogens is 3. The van der Waals surface area contributed by atoms with Gasteiger partial charge in [-0.25, -0.2) is 0 Å². The maximum absolute atomic E-state index is 12.5. The van der Waals surface area contributed by atoms with E-state index in [0.29, 0.717) is 18.8 Å². The summed E-state index contributed by atoms with van der Waals surface area (Å²) in [6.07, 6.45) is -4.47. The highest BCUT2D eigenvalue weighted by atomic mass is 19.4. The van der Waals surface area contributed by atoms with E-state index in [1.165, 1.54) is 13.0 Å². The van der Waals surface area contributed by atoms with Crippen LogP contribution < -0.4 is 10.6 Å². The fraction of sp³-hybridized carbons (Fsp3) is 0.429. The third kappa shape index (κ3) is 6.65. The van der Waals surface area contributed by atoms with Gasteiger partial charge in [0.25, 0.3) is 0 Å². The summed E-state index contributed by atoms with van der Waals surface area (Å²) in [6.45, 7) is 6.00. The molecule has 0 spiro atoms. The van der Waals surface area contributed by atoms with Gasteiger partial charge in [0.1, 0.15) is 6.07 Å². The molecule has 0 aliphatic heterocycles. The first-order valence-electron chi connectivity index (χ1n) is 6.44. The molecule has 0 unspecified atom stereocenters. The minimum absolute atomic E-state index is 0.0855. The van der Waals surface area contributed by atoms with Gasteiger partial charge >= 0.3 is 6.18 Å². The minimum atomic E-state index is -4.47. The Morgan fingerprint density at radius 2 is 1.90 bits per heavy atom. The van der Waals surface area contributed by atoms with Crippen molar-refractivity contribution < 1.29 is 18.0 Å². The Labute approximate surface area is 122 Å². The number of nitrogens with one attached hydrogen (secondary N) is 2. The molecule has 0 fully saturated rings. The number of hydrogen-bond donors (Lipinski definition) is 2. The number of carbonyl (C=O) groups excluding carboxylic acids is 1. The lowest BCUT2D eigenvalue weighted by molar-refractivity contribution is -0.137. The lowest BCUT2D eigenvalue weighted by atomic mass is 10.1. The summed E-state index contributed by atoms with van der Waals surface area (Å²) < 4.78 is 37.4. The maximum Gasteiger partial charge on any atom is 0.416 e. The van der Waals surface area contributed by atoms with Crippen molar-refractivity contribution >= 4 is 11.6 Å². The first kappa shape index (κ1) is 18.8. The van der Waals surface area contributed by atoms with Crippen LogP contribution in [0.3, 0.4) is 0 Å². The standard InChI is InChI=1S/C12H12F3N3O.C2H6/c1-8(19)17-4-5-18-11-3-2-10(12(13,14)15)6-9(11)7-16;1-2/h2-3,6,18H,4-5H2,1H3,(H,17,19);1-2H3. The third-order valence-corrected chi connectivity index (χ3v) is 2.28. The summed E-state index contributed by atoms with van der Waals surface area (Å²) in [6, 6.07) is 4.61. The number of nitrogens with zero attached hydrogens (tertiary/aromatic N) is 1. The van der Waals surface area contributed by atoms with Gasteiger partial charge in [-0.1, -0.05) is 13.8 Å². The van der Waals surface area contributed by atoms with E-state index in [1.54, 1.807) is 6.07 Å². The Balaban J connectivity index is 0.00000191. The molecule has 0 aromatic heterocycles. The van der Waals surface area contributed by atoms with Crippen LogP contribution in [0.2, 0.25) is 0 Å². The molecule has 0 saturated heterocycles. The molecule has 0 radical (unpaired) electrons. The molecular weight excluding hydrogens is 283 g/mol. The van der Waals surface area contributed by atoms with E-state index in [2.05, 4.69) is 10.6 Å². The molecule has 0 aliphatic rings. The summed E-state index contributed by atoms with van der Waals surface area (Å²) in [5, 5.41) is 14.1. The van der Waals surface area contributed by atoms with Crippen molar-refractivity contribution in [2.45, 2.75) is 26.9 Å². The van der Waals surface area contributed by atoms with Gasteiger partial charge in [0.05, 0.1) is 16.8 Å². The highest BCUT2D eigenvalue weighted by Gasteiger charge is 2.30. The summed E-state index contributed by atoms with van der Waals surface area (Å²) in [7, 11) is 0. The normalized spacial score (nSPS) is 9.95. The maximum atomic E-state index is 12.5. The Hall–Kier alpha value is -2.23. The second kappa shape index (κ2) is 8.84. The highest BCUT2D eigenvalue weighted by Crippen LogP contribution is 2.31. The molecule has 0 bridgehead atoms. The lowest BCUT2D eigenvalue weighted by Crippen LogP contribution is -2.26. The summed E-state index contributed by atoms with van der Waals surface area (Å²) in [5.74, 6) is -0.199. The van der Waals surface area contributed by atoms with Crippen LogP contribution in [0.4, 0.5) is 18.9 Å². The van der Waals surface area contributed by atoms with E-state index in [-0.39, 0.29) is 11.5 Å². The van der Waals surface area contributed by atoms with Crippen LogP contribution in [0.25, 0.3) is 0 Å². The largest absolute Gasteiger partial charge is 0.416 e. The van der Waals surface area contributed by atoms with Gasteiger partial charge in [-0.05, 0) is 18.2 Å². The van der Waals surface area contributed by atoms with Crippen LogP contribution in [0, 0.1) is 11.3 Å². The van der Waals surface area contributed by atoms with Gasteiger partial charge in [0.2, 0.25) is 5.91 Å². The molecule has 1 amide bonds. The van der Waals surface area contributed by atoms with Crippen LogP contribution in [0.5, 0.6) is 0 Å². The number of alkyl halides is 3. The Morgan fingerprint density at radius 1 is 1.29 bits per heavy atom. The monoisotopic (exact) mass is 301 g/mol. The number of amides is 1. The van der Waals surface area contributed by atoms with Crippen molar-refractivity contribution in [2.75, 3.05) is 18.4 Å². The number of rotatable bonds is 4. The first-order valence-corrected chi connectivity index (χ1v) is 6.44. The van der Waals surface area contributed by atoms with E-state index in [4.69, 9.17) is 5.26 Å². The van der Waals surface area contributed by atoms with Gasteiger partial charge in [-0.3, -0.25) is 4.79 Å². The molecule has 0 atom stereocenters. The molecule has 4 nitrogen and oxygen atoms in total. The lowest BCUT2D eigenvalue weighted by Gasteiger charge is -2.11. The Bertz CT molecular complexity index is 507. The zero-order valence-corrected chi connectivity index (χ0v) is 12.1. The quantitative estimate of drug-likeness (QED) is 0.840. The highest BCUT2D eigenvalue weighted by molar-refractivity contribution is 5.72. The van der Waals surface area contributed by atoms with Crippen LogP contribution in [0.1, 0.15) is 31.9 Å². The molecule has 1 rings (SSSR count). The summed E-state index contributed by atoms with van der Waals surface area (Å²) in [4.78, 5) is 10.6. The van der Waals surface area contributed by atoms with Crippen LogP contribution in [-0.2, 0) is 11.0 Å². The zero-order chi connectivity index (χ0) is 16.5. The molecule has 0 heterocycles. The number of benzene rings is 1. The smallest absolute Gasteiger partial charge is 0.382 e. The average molecular weight is 301 g/mol. The Kier molecular flexibility index (Phi) is 7.91. The van der Waals surface area contributed by atoms with E-state index < -0.39 is 11.7 Å². The van der Waals surface area contributed by atoms with E-state index in [9.17, 15) is 18.0 Å². The van der Waals surface area contributed by atoms with Gasteiger partial charge < -0.3 is 10.6 Å². The fourth-order valence-corrected chi connectivity index (χ4v) is 1.40. The van der Waals surface area contributed by atoms with Gasteiger partial charge in [0.15, 0.2) is 0 Å². The van der Waals surface area contributed by atoms with Crippen molar-refractivity contribution in [1.82, 2.24) is 5.32 Å². The minimum Gasteiger partial charge on any atom is -0.382 e. The molecule has 7 heteroatoms. The van der Waals surface area contributed by atoms with Crippen molar-refractivity contribution in [3.63, 3.8) is 0 Å². The van der Waals surface area contributed by atoms with Crippen molar-refractivity contribution in [3.05, 3.63) is 29.3 Å². The second-order valence-electron chi connectivity index (χ2n) is 3.78. The summed E-state index contributed by atoms with van der Waals surface area (Å²) in [5.41, 5.74) is -0.644. The number of carbonyl (C=O) groups is 1. The van der Waals surface area contributed by atoms with Crippen molar-refractivity contribution in [1.29, 1.82) is 5.26 Å². The number of anilines is 1. The fourth-order valence-electron chi connectivity index (χ4n) is 1.40. The average Bonchev–Trinajstić information content (AvgIpc) is 2.44. The predicted molar refractivity (Wildman–Crippen MR) is 74.7 cm³/mol. The third-order valence-electron chi connectivity index (χ3n) is 2.28. The van der Waals surface area contributed by atoms with E-state index in [1.807, 2.05) is 13.8 Å². The number of hydrogen-bond acceptors (Lipinski definition) is 3. The van der Waals surface area contributed by atoms with E-state index in [0.717, 1.165) is 12.1 Å². The molecule has 1 aromatic carbocycles. The van der Waals surface area contributed by atoms with Gasteiger partial charge in [-0.2, -0.15) is 18.4 Å². The SMILES string of the molecule is CC.CC(=O)NCCNc1ccc(C(F)(F)F)cc1C#N.